The van der Waals surface area contributed by atoms with E-state index < -0.39 is 30.0 Å². The summed E-state index contributed by atoms with van der Waals surface area (Å²) < 4.78 is 45.0. The van der Waals surface area contributed by atoms with Crippen LogP contribution in [-0.2, 0) is 9.53 Å². The fourth-order valence-corrected chi connectivity index (χ4v) is 2.37. The molecule has 0 aliphatic heterocycles. The van der Waals surface area contributed by atoms with E-state index in [0.717, 1.165) is 12.1 Å². The Kier molecular flexibility index (Phi) is 6.68. The Labute approximate surface area is 158 Å². The predicted octanol–water partition coefficient (Wildman–Crippen LogP) is 4.27. The topological polar surface area (TPSA) is 64.6 Å². The van der Waals surface area contributed by atoms with Crippen LogP contribution in [0.5, 0.6) is 5.75 Å². The fraction of sp³-hybridized carbons (Fsp3) is 0.222. The molecule has 2 aromatic carbocycles. The summed E-state index contributed by atoms with van der Waals surface area (Å²) in [5, 5.41) is 3.14. The maximum Gasteiger partial charge on any atom is 0.573 e. The van der Waals surface area contributed by atoms with E-state index in [4.69, 9.17) is 11.6 Å². The van der Waals surface area contributed by atoms with Gasteiger partial charge in [0.25, 0.3) is 5.91 Å². The van der Waals surface area contributed by atoms with Crippen molar-refractivity contribution < 1.29 is 32.2 Å². The average Bonchev–Trinajstić information content (AvgIpc) is 2.61. The number of hydrogen-bond donors (Lipinski definition) is 1. The Morgan fingerprint density at radius 1 is 1.07 bits per heavy atom. The number of amides is 1. The number of carbonyl (C=O) groups is 2. The van der Waals surface area contributed by atoms with E-state index in [0.29, 0.717) is 10.6 Å². The van der Waals surface area contributed by atoms with Crippen LogP contribution < -0.4 is 10.1 Å². The smallest absolute Gasteiger partial charge is 0.469 e. The van der Waals surface area contributed by atoms with Crippen LogP contribution in [-0.4, -0.2) is 25.3 Å². The number of alkyl halides is 3. The minimum atomic E-state index is -4.82. The van der Waals surface area contributed by atoms with Crippen LogP contribution in [0.4, 0.5) is 13.2 Å². The van der Waals surface area contributed by atoms with E-state index in [2.05, 4.69) is 14.8 Å². The lowest BCUT2D eigenvalue weighted by atomic mass is 10.0. The molecule has 2 aromatic rings. The van der Waals surface area contributed by atoms with Crippen molar-refractivity contribution in [1.82, 2.24) is 5.32 Å². The molecule has 2 rings (SSSR count). The first-order chi connectivity index (χ1) is 12.7. The van der Waals surface area contributed by atoms with Gasteiger partial charge >= 0.3 is 12.3 Å². The zero-order chi connectivity index (χ0) is 20.0. The van der Waals surface area contributed by atoms with Crippen LogP contribution in [0.2, 0.25) is 5.02 Å². The summed E-state index contributed by atoms with van der Waals surface area (Å²) in [5.74, 6) is -1.55. The summed E-state index contributed by atoms with van der Waals surface area (Å²) in [4.78, 5) is 24.0. The van der Waals surface area contributed by atoms with Gasteiger partial charge in [0.2, 0.25) is 0 Å². The van der Waals surface area contributed by atoms with Gasteiger partial charge in [-0.25, -0.2) is 0 Å². The predicted molar refractivity (Wildman–Crippen MR) is 91.4 cm³/mol. The van der Waals surface area contributed by atoms with Crippen LogP contribution in [0.3, 0.4) is 0 Å². The molecule has 0 bridgehead atoms. The van der Waals surface area contributed by atoms with Crippen LogP contribution in [0.1, 0.15) is 28.4 Å². The summed E-state index contributed by atoms with van der Waals surface area (Å²) in [6.45, 7) is 0. The van der Waals surface area contributed by atoms with Gasteiger partial charge in [0.15, 0.2) is 0 Å². The largest absolute Gasteiger partial charge is 0.573 e. The minimum Gasteiger partial charge on any atom is -0.469 e. The van der Waals surface area contributed by atoms with E-state index in [1.165, 1.54) is 19.2 Å². The Balaban J connectivity index is 2.14. The number of esters is 1. The number of hydrogen-bond acceptors (Lipinski definition) is 4. The maximum atomic E-state index is 12.4. The van der Waals surface area contributed by atoms with E-state index in [-0.39, 0.29) is 12.0 Å². The lowest BCUT2D eigenvalue weighted by Gasteiger charge is -2.18. The van der Waals surface area contributed by atoms with E-state index in [1.54, 1.807) is 24.3 Å². The standard InChI is InChI=1S/C18H15ClF3NO4/c1-26-16(24)10-15(11-2-6-13(19)7-3-11)23-17(25)12-4-8-14(9-5-12)27-18(20,21)22/h2-9,15H,10H2,1H3,(H,23,25). The number of benzene rings is 2. The van der Waals surface area contributed by atoms with Gasteiger partial charge < -0.3 is 14.8 Å². The first-order valence-electron chi connectivity index (χ1n) is 7.67. The Morgan fingerprint density at radius 2 is 1.67 bits per heavy atom. The normalized spacial score (nSPS) is 12.2. The molecule has 0 aliphatic rings. The molecule has 1 atom stereocenters. The molecule has 0 radical (unpaired) electrons. The molecule has 1 amide bonds. The number of nitrogens with one attached hydrogen (secondary N) is 1. The molecule has 27 heavy (non-hydrogen) atoms. The molecule has 0 aromatic heterocycles. The van der Waals surface area contributed by atoms with Crippen molar-refractivity contribution in [2.45, 2.75) is 18.8 Å². The van der Waals surface area contributed by atoms with Crippen LogP contribution in [0.15, 0.2) is 48.5 Å². The Morgan fingerprint density at radius 3 is 2.19 bits per heavy atom. The quantitative estimate of drug-likeness (QED) is 0.734. The average molecular weight is 402 g/mol. The van der Waals surface area contributed by atoms with E-state index >= 15 is 0 Å². The number of halogens is 4. The van der Waals surface area contributed by atoms with Gasteiger partial charge in [-0.1, -0.05) is 23.7 Å². The van der Waals surface area contributed by atoms with Gasteiger partial charge in [-0.05, 0) is 42.0 Å². The SMILES string of the molecule is COC(=O)CC(NC(=O)c1ccc(OC(F)(F)F)cc1)c1ccc(Cl)cc1. The molecule has 0 saturated heterocycles. The molecule has 0 heterocycles. The number of methoxy groups -OCH3 is 1. The minimum absolute atomic E-state index is 0.105. The molecular weight excluding hydrogens is 387 g/mol. The molecule has 1 N–H and O–H groups in total. The van der Waals surface area contributed by atoms with Gasteiger partial charge in [0.1, 0.15) is 5.75 Å². The molecule has 1 unspecified atom stereocenters. The van der Waals surface area contributed by atoms with E-state index in [9.17, 15) is 22.8 Å². The molecule has 144 valence electrons. The second-order valence-corrected chi connectivity index (χ2v) is 5.87. The zero-order valence-corrected chi connectivity index (χ0v) is 14.8. The number of carbonyl (C=O) groups excluding carboxylic acids is 2. The van der Waals surface area contributed by atoms with Crippen molar-refractivity contribution >= 4 is 23.5 Å². The highest BCUT2D eigenvalue weighted by Crippen LogP contribution is 2.24. The van der Waals surface area contributed by atoms with Crippen LogP contribution in [0, 0.1) is 0 Å². The van der Waals surface area contributed by atoms with Crippen molar-refractivity contribution in [2.24, 2.45) is 0 Å². The summed E-state index contributed by atoms with van der Waals surface area (Å²) in [6.07, 6.45) is -4.94. The van der Waals surface area contributed by atoms with Crippen molar-refractivity contribution in [1.29, 1.82) is 0 Å². The summed E-state index contributed by atoms with van der Waals surface area (Å²) in [7, 11) is 1.22. The second kappa shape index (κ2) is 8.77. The van der Waals surface area contributed by atoms with Crippen LogP contribution >= 0.6 is 11.6 Å². The molecule has 9 heteroatoms. The molecule has 5 nitrogen and oxygen atoms in total. The molecule has 0 spiro atoms. The highest BCUT2D eigenvalue weighted by Gasteiger charge is 2.31. The highest BCUT2D eigenvalue weighted by molar-refractivity contribution is 6.30. The van der Waals surface area contributed by atoms with Crippen LogP contribution in [0.25, 0.3) is 0 Å². The van der Waals surface area contributed by atoms with Gasteiger partial charge in [-0.15, -0.1) is 13.2 Å². The second-order valence-electron chi connectivity index (χ2n) is 5.43. The van der Waals surface area contributed by atoms with E-state index in [1.807, 2.05) is 0 Å². The zero-order valence-electron chi connectivity index (χ0n) is 14.0. The first kappa shape index (κ1) is 20.6. The molecule has 0 aliphatic carbocycles. The summed E-state index contributed by atoms with van der Waals surface area (Å²) in [6, 6.07) is 10.2. The third-order valence-corrected chi connectivity index (χ3v) is 3.78. The number of rotatable bonds is 6. The third-order valence-electron chi connectivity index (χ3n) is 3.53. The van der Waals surface area contributed by atoms with Gasteiger partial charge in [0.05, 0.1) is 19.6 Å². The molecular formula is C18H15ClF3NO4. The fourth-order valence-electron chi connectivity index (χ4n) is 2.25. The van der Waals surface area contributed by atoms with Gasteiger partial charge in [0, 0.05) is 10.6 Å². The summed E-state index contributed by atoms with van der Waals surface area (Å²) >= 11 is 5.84. The summed E-state index contributed by atoms with van der Waals surface area (Å²) in [5.41, 5.74) is 0.725. The van der Waals surface area contributed by atoms with Gasteiger partial charge in [-0.2, -0.15) is 0 Å². The lowest BCUT2D eigenvalue weighted by molar-refractivity contribution is -0.274. The van der Waals surface area contributed by atoms with Crippen molar-refractivity contribution in [3.8, 4) is 5.75 Å². The van der Waals surface area contributed by atoms with Crippen molar-refractivity contribution in [3.63, 3.8) is 0 Å². The maximum absolute atomic E-state index is 12.4. The highest BCUT2D eigenvalue weighted by atomic mass is 35.5. The lowest BCUT2D eigenvalue weighted by Crippen LogP contribution is -2.30. The Bertz CT molecular complexity index is 792. The van der Waals surface area contributed by atoms with Crippen molar-refractivity contribution in [3.05, 3.63) is 64.7 Å². The molecule has 0 fully saturated rings. The third kappa shape index (κ3) is 6.49. The first-order valence-corrected chi connectivity index (χ1v) is 8.04. The van der Waals surface area contributed by atoms with Gasteiger partial charge in [-0.3, -0.25) is 9.59 Å². The van der Waals surface area contributed by atoms with Crippen molar-refractivity contribution in [2.75, 3.05) is 7.11 Å². The number of ether oxygens (including phenoxy) is 2. The Hall–Kier alpha value is -2.74. The molecule has 0 saturated carbocycles. The monoisotopic (exact) mass is 401 g/mol.